The molecule has 208 valence electrons. The molecular formula is C27H30ClF3N6O2. The van der Waals surface area contributed by atoms with E-state index in [4.69, 9.17) is 16.3 Å². The fourth-order valence-electron chi connectivity index (χ4n) is 5.98. The summed E-state index contributed by atoms with van der Waals surface area (Å²) in [4.78, 5) is 22.0. The number of pyridine rings is 1. The van der Waals surface area contributed by atoms with E-state index in [1.54, 1.807) is 12.3 Å². The molecule has 39 heavy (non-hydrogen) atoms. The van der Waals surface area contributed by atoms with Gasteiger partial charge in [-0.2, -0.15) is 18.3 Å². The molecule has 1 amide bonds. The fraction of sp³-hybridized carbons (Fsp3) is 0.519. The van der Waals surface area contributed by atoms with E-state index in [9.17, 15) is 18.0 Å². The van der Waals surface area contributed by atoms with E-state index >= 15 is 0 Å². The fourth-order valence-corrected chi connectivity index (χ4v) is 6.27. The number of carbonyl (C=O) groups excluding carboxylic acids is 1. The van der Waals surface area contributed by atoms with Crippen LogP contribution < -0.4 is 10.2 Å². The molecule has 0 unspecified atom stereocenters. The molecule has 1 N–H and O–H groups in total. The van der Waals surface area contributed by atoms with Gasteiger partial charge >= 0.3 is 6.18 Å². The number of halogens is 4. The van der Waals surface area contributed by atoms with Crippen molar-refractivity contribution in [2.75, 3.05) is 49.6 Å². The van der Waals surface area contributed by atoms with Crippen LogP contribution in [0.15, 0.2) is 30.6 Å². The minimum absolute atomic E-state index is 0.0606. The first-order valence-corrected chi connectivity index (χ1v) is 13.5. The molecular weight excluding hydrogens is 533 g/mol. The van der Waals surface area contributed by atoms with Crippen LogP contribution >= 0.6 is 11.6 Å². The van der Waals surface area contributed by atoms with Gasteiger partial charge in [0.15, 0.2) is 0 Å². The maximum Gasteiger partial charge on any atom is 0.433 e. The van der Waals surface area contributed by atoms with Crippen molar-refractivity contribution in [2.45, 2.75) is 37.4 Å². The molecule has 3 atom stereocenters. The van der Waals surface area contributed by atoms with E-state index in [1.807, 2.05) is 12.1 Å². The lowest BCUT2D eigenvalue weighted by atomic mass is 9.98. The van der Waals surface area contributed by atoms with E-state index in [0.29, 0.717) is 17.3 Å². The summed E-state index contributed by atoms with van der Waals surface area (Å²) in [6.45, 7) is 7.35. The number of carbonyl (C=O) groups is 1. The van der Waals surface area contributed by atoms with Crippen LogP contribution in [0.5, 0.6) is 0 Å². The van der Waals surface area contributed by atoms with Gasteiger partial charge in [0.1, 0.15) is 11.5 Å². The lowest BCUT2D eigenvalue weighted by Gasteiger charge is -2.44. The van der Waals surface area contributed by atoms with E-state index in [0.717, 1.165) is 67.0 Å². The normalized spacial score (nSPS) is 25.8. The number of fused-ring (bicyclic) bond motifs is 1. The molecule has 1 saturated carbocycles. The predicted octanol–water partition coefficient (Wildman–Crippen LogP) is 4.68. The van der Waals surface area contributed by atoms with Crippen molar-refractivity contribution < 1.29 is 22.7 Å². The second-order valence-electron chi connectivity index (χ2n) is 11.0. The zero-order chi connectivity index (χ0) is 27.5. The molecule has 4 heterocycles. The van der Waals surface area contributed by atoms with Gasteiger partial charge in [-0.3, -0.25) is 14.4 Å². The Morgan fingerprint density at radius 3 is 2.62 bits per heavy atom. The van der Waals surface area contributed by atoms with Crippen LogP contribution in [-0.2, 0) is 22.8 Å². The monoisotopic (exact) mass is 562 g/mol. The number of hydrogen-bond acceptors (Lipinski definition) is 6. The lowest BCUT2D eigenvalue weighted by molar-refractivity contribution is -0.144. The highest BCUT2D eigenvalue weighted by molar-refractivity contribution is 6.34. The Bertz CT molecular complexity index is 1410. The predicted molar refractivity (Wildman–Crippen MR) is 142 cm³/mol. The number of amides is 1. The molecule has 2 aliphatic heterocycles. The van der Waals surface area contributed by atoms with Crippen molar-refractivity contribution in [3.8, 4) is 0 Å². The summed E-state index contributed by atoms with van der Waals surface area (Å²) in [5.74, 6) is -1.07. The van der Waals surface area contributed by atoms with Gasteiger partial charge in [-0.15, -0.1) is 0 Å². The molecule has 2 saturated heterocycles. The summed E-state index contributed by atoms with van der Waals surface area (Å²) < 4.78 is 46.8. The zero-order valence-electron chi connectivity index (χ0n) is 21.8. The largest absolute Gasteiger partial charge is 0.433 e. The SMILES string of the molecule is Cn1ncc([C@@H]2C[C@H]2C(=O)Nc2cc3cc(N4CCN([C@]5(C)CCOC5)CC4)c(Cl)cc3cn2)c1C(F)(F)F. The third-order valence-corrected chi connectivity index (χ3v) is 8.69. The van der Waals surface area contributed by atoms with Crippen molar-refractivity contribution in [1.82, 2.24) is 19.7 Å². The number of benzene rings is 1. The minimum Gasteiger partial charge on any atom is -0.379 e. The second kappa shape index (κ2) is 9.64. The third kappa shape index (κ3) is 4.96. The molecule has 8 nitrogen and oxygen atoms in total. The third-order valence-electron chi connectivity index (χ3n) is 8.38. The van der Waals surface area contributed by atoms with Gasteiger partial charge in [0.25, 0.3) is 0 Å². The van der Waals surface area contributed by atoms with Gasteiger partial charge < -0.3 is 15.0 Å². The van der Waals surface area contributed by atoms with Crippen molar-refractivity contribution in [2.24, 2.45) is 13.0 Å². The first kappa shape index (κ1) is 26.3. The number of hydrogen-bond donors (Lipinski definition) is 1. The number of nitrogens with zero attached hydrogens (tertiary/aromatic N) is 5. The number of rotatable bonds is 5. The summed E-state index contributed by atoms with van der Waals surface area (Å²) in [6, 6.07) is 5.67. The molecule has 0 radical (unpaired) electrons. The molecule has 3 aromatic rings. The van der Waals surface area contributed by atoms with Crippen LogP contribution in [0, 0.1) is 5.92 Å². The first-order chi connectivity index (χ1) is 18.5. The number of aromatic nitrogens is 3. The van der Waals surface area contributed by atoms with Crippen LogP contribution in [-0.4, -0.2) is 70.5 Å². The van der Waals surface area contributed by atoms with E-state index < -0.39 is 23.7 Å². The van der Waals surface area contributed by atoms with Gasteiger partial charge in [0.05, 0.1) is 23.5 Å². The number of nitrogens with one attached hydrogen (secondary N) is 1. The molecule has 0 spiro atoms. The number of anilines is 2. The highest BCUT2D eigenvalue weighted by Gasteiger charge is 2.50. The van der Waals surface area contributed by atoms with Gasteiger partial charge in [-0.1, -0.05) is 11.6 Å². The molecule has 0 bridgehead atoms. The van der Waals surface area contributed by atoms with Crippen LogP contribution in [0.25, 0.3) is 10.8 Å². The summed E-state index contributed by atoms with van der Waals surface area (Å²) in [6.07, 6.45) is -0.295. The van der Waals surface area contributed by atoms with Crippen molar-refractivity contribution >= 4 is 39.8 Å². The Hall–Kier alpha value is -2.89. The zero-order valence-corrected chi connectivity index (χ0v) is 22.5. The Morgan fingerprint density at radius 1 is 1.15 bits per heavy atom. The summed E-state index contributed by atoms with van der Waals surface area (Å²) in [7, 11) is 1.26. The van der Waals surface area contributed by atoms with Crippen molar-refractivity contribution in [1.29, 1.82) is 0 Å². The van der Waals surface area contributed by atoms with Gasteiger partial charge in [0.2, 0.25) is 5.91 Å². The number of piperazine rings is 1. The van der Waals surface area contributed by atoms with Crippen LogP contribution in [0.1, 0.15) is 36.9 Å². The van der Waals surface area contributed by atoms with Crippen LogP contribution in [0.2, 0.25) is 5.02 Å². The second-order valence-corrected chi connectivity index (χ2v) is 11.4. The summed E-state index contributed by atoms with van der Waals surface area (Å²) >= 11 is 6.66. The molecule has 3 fully saturated rings. The average Bonchev–Trinajstić information content (AvgIpc) is 3.40. The quantitative estimate of drug-likeness (QED) is 0.487. The van der Waals surface area contributed by atoms with Crippen LogP contribution in [0.3, 0.4) is 0 Å². The summed E-state index contributed by atoms with van der Waals surface area (Å²) in [5.41, 5.74) is 0.274. The smallest absolute Gasteiger partial charge is 0.379 e. The molecule has 2 aromatic heterocycles. The van der Waals surface area contributed by atoms with Gasteiger partial charge in [-0.25, -0.2) is 4.98 Å². The topological polar surface area (TPSA) is 75.5 Å². The van der Waals surface area contributed by atoms with Crippen molar-refractivity contribution in [3.63, 3.8) is 0 Å². The first-order valence-electron chi connectivity index (χ1n) is 13.1. The maximum absolute atomic E-state index is 13.5. The maximum atomic E-state index is 13.5. The number of ether oxygens (including phenoxy) is 1. The molecule has 1 aliphatic carbocycles. The summed E-state index contributed by atoms with van der Waals surface area (Å²) in [5, 5.41) is 8.91. The Balaban J connectivity index is 1.15. The molecule has 12 heteroatoms. The highest BCUT2D eigenvalue weighted by atomic mass is 35.5. The average molecular weight is 563 g/mol. The van der Waals surface area contributed by atoms with Crippen LogP contribution in [0.4, 0.5) is 24.7 Å². The number of aryl methyl sites for hydroxylation is 1. The van der Waals surface area contributed by atoms with E-state index in [1.165, 1.54) is 13.2 Å². The van der Waals surface area contributed by atoms with Gasteiger partial charge in [-0.05, 0) is 49.3 Å². The lowest BCUT2D eigenvalue weighted by Crippen LogP contribution is -2.56. The minimum atomic E-state index is -4.53. The standard InChI is InChI=1S/C27H30ClF3N6O2/c1-26(3-8-39-15-26)37-6-4-36(5-7-37)22-10-16-11-23(32-13-17(16)9-21(22)28)34-25(38)19-12-18(19)20-14-33-35(2)24(20)27(29,30)31/h9-11,13-14,18-19H,3-8,12,15H2,1-2H3,(H,32,34,38)/t18-,19-,26-/m1/s1. The molecule has 3 aliphatic rings. The van der Waals surface area contributed by atoms with E-state index in [-0.39, 0.29) is 17.0 Å². The van der Waals surface area contributed by atoms with E-state index in [2.05, 4.69) is 32.1 Å². The Labute approximate surface area is 229 Å². The Morgan fingerprint density at radius 2 is 1.92 bits per heavy atom. The van der Waals surface area contributed by atoms with Gasteiger partial charge in [0, 0.05) is 68.4 Å². The van der Waals surface area contributed by atoms with Crippen molar-refractivity contribution in [3.05, 3.63) is 46.9 Å². The molecule has 6 rings (SSSR count). The highest BCUT2D eigenvalue weighted by Crippen LogP contribution is 2.51. The number of alkyl halides is 3. The Kier molecular flexibility index (Phi) is 6.51. The molecule has 1 aromatic carbocycles.